The van der Waals surface area contributed by atoms with Crippen molar-refractivity contribution in [2.45, 2.75) is 39.1 Å². The number of nitrogens with zero attached hydrogens (tertiary/aromatic N) is 8. The predicted octanol–water partition coefficient (Wildman–Crippen LogP) is 1.31. The molecule has 0 saturated carbocycles. The summed E-state index contributed by atoms with van der Waals surface area (Å²) < 4.78 is 31.7. The lowest BCUT2D eigenvalue weighted by atomic mass is 10.3. The maximum atomic E-state index is 13.3. The first-order chi connectivity index (χ1) is 14.3. The van der Waals surface area contributed by atoms with Crippen LogP contribution in [0.5, 0.6) is 0 Å². The number of sulfonamides is 1. The molecule has 30 heavy (non-hydrogen) atoms. The number of hydrogen-bond acceptors (Lipinski definition) is 7. The van der Waals surface area contributed by atoms with Gasteiger partial charge < -0.3 is 4.90 Å². The van der Waals surface area contributed by atoms with Crippen molar-refractivity contribution in [1.29, 1.82) is 0 Å². The highest BCUT2D eigenvalue weighted by Crippen LogP contribution is 2.26. The Balaban J connectivity index is 1.54. The fraction of sp³-hybridized carbons (Fsp3) is 0.474. The molecule has 4 heterocycles. The molecule has 1 fully saturated rings. The van der Waals surface area contributed by atoms with Crippen LogP contribution in [-0.4, -0.2) is 68.2 Å². The van der Waals surface area contributed by atoms with Crippen molar-refractivity contribution < 1.29 is 8.42 Å². The van der Waals surface area contributed by atoms with Gasteiger partial charge in [0.2, 0.25) is 10.0 Å². The Bertz CT molecular complexity index is 1150. The highest BCUT2D eigenvalue weighted by atomic mass is 32.2. The van der Waals surface area contributed by atoms with E-state index >= 15 is 0 Å². The third kappa shape index (κ3) is 3.58. The van der Waals surface area contributed by atoms with E-state index in [2.05, 4.69) is 25.0 Å². The van der Waals surface area contributed by atoms with Crippen LogP contribution in [0, 0.1) is 20.8 Å². The lowest BCUT2D eigenvalue weighted by molar-refractivity contribution is 0.383. The summed E-state index contributed by atoms with van der Waals surface area (Å²) >= 11 is 0. The molecule has 10 nitrogen and oxygen atoms in total. The summed E-state index contributed by atoms with van der Waals surface area (Å²) in [5, 5.41) is 4.37. The van der Waals surface area contributed by atoms with Crippen molar-refractivity contribution in [3.8, 4) is 5.82 Å². The van der Waals surface area contributed by atoms with E-state index in [1.807, 2.05) is 37.6 Å². The normalized spacial score (nSPS) is 15.7. The molecule has 3 aromatic heterocycles. The van der Waals surface area contributed by atoms with Gasteiger partial charge in [0.1, 0.15) is 28.7 Å². The summed E-state index contributed by atoms with van der Waals surface area (Å²) in [6, 6.07) is 1.90. The predicted molar refractivity (Wildman–Crippen MR) is 112 cm³/mol. The zero-order valence-corrected chi connectivity index (χ0v) is 18.5. The van der Waals surface area contributed by atoms with E-state index < -0.39 is 10.0 Å². The Morgan fingerprint density at radius 3 is 2.33 bits per heavy atom. The van der Waals surface area contributed by atoms with Crippen molar-refractivity contribution in [3.63, 3.8) is 0 Å². The molecule has 1 aliphatic heterocycles. The van der Waals surface area contributed by atoms with Gasteiger partial charge in [-0.25, -0.2) is 23.4 Å². The number of anilines is 1. The summed E-state index contributed by atoms with van der Waals surface area (Å²) in [5.74, 6) is 2.18. The molecular formula is C19H26N8O2S. The van der Waals surface area contributed by atoms with Gasteiger partial charge in [-0.1, -0.05) is 0 Å². The Hall–Kier alpha value is -2.79. The summed E-state index contributed by atoms with van der Waals surface area (Å²) in [5.41, 5.74) is 1.24. The maximum Gasteiger partial charge on any atom is 0.246 e. The van der Waals surface area contributed by atoms with E-state index in [0.29, 0.717) is 54.8 Å². The molecule has 0 bridgehead atoms. The molecule has 0 aromatic carbocycles. The van der Waals surface area contributed by atoms with Crippen LogP contribution in [0.3, 0.4) is 0 Å². The van der Waals surface area contributed by atoms with Crippen molar-refractivity contribution in [3.05, 3.63) is 42.0 Å². The molecule has 0 atom stereocenters. The SMILES string of the molecule is CCn1nc(C)c(S(=O)(=O)N2CCN(c3cc(-n4ccnc4)nc(C)n3)CC2)c1C. The van der Waals surface area contributed by atoms with E-state index in [1.165, 1.54) is 0 Å². The Morgan fingerprint density at radius 1 is 1.03 bits per heavy atom. The molecule has 1 aliphatic rings. The van der Waals surface area contributed by atoms with Gasteiger partial charge in [-0.3, -0.25) is 9.25 Å². The van der Waals surface area contributed by atoms with Gasteiger partial charge in [0.25, 0.3) is 0 Å². The Kier molecular flexibility index (Phi) is 5.33. The third-order valence-corrected chi connectivity index (χ3v) is 7.51. The van der Waals surface area contributed by atoms with Gasteiger partial charge in [0.05, 0.1) is 11.4 Å². The highest BCUT2D eigenvalue weighted by molar-refractivity contribution is 7.89. The van der Waals surface area contributed by atoms with Crippen LogP contribution in [0.15, 0.2) is 29.7 Å². The first-order valence-corrected chi connectivity index (χ1v) is 11.4. The fourth-order valence-electron chi connectivity index (χ4n) is 3.87. The van der Waals surface area contributed by atoms with E-state index in [1.54, 1.807) is 28.4 Å². The van der Waals surface area contributed by atoms with Crippen molar-refractivity contribution in [2.75, 3.05) is 31.1 Å². The van der Waals surface area contributed by atoms with Gasteiger partial charge in [-0.2, -0.15) is 9.40 Å². The molecule has 0 spiro atoms. The lowest BCUT2D eigenvalue weighted by Crippen LogP contribution is -2.49. The lowest BCUT2D eigenvalue weighted by Gasteiger charge is -2.34. The number of aromatic nitrogens is 6. The zero-order chi connectivity index (χ0) is 21.5. The molecule has 0 unspecified atom stereocenters. The molecule has 4 rings (SSSR count). The van der Waals surface area contributed by atoms with Crippen molar-refractivity contribution in [1.82, 2.24) is 33.6 Å². The molecule has 3 aromatic rings. The summed E-state index contributed by atoms with van der Waals surface area (Å²) in [4.78, 5) is 15.5. The molecule has 160 valence electrons. The fourth-order valence-corrected chi connectivity index (χ4v) is 5.67. The summed E-state index contributed by atoms with van der Waals surface area (Å²) in [6.07, 6.45) is 5.22. The van der Waals surface area contributed by atoms with Crippen LogP contribution in [0.1, 0.15) is 24.1 Å². The molecule has 0 amide bonds. The standard InChI is InChI=1S/C19H26N8O2S/c1-5-27-15(3)19(14(2)23-27)30(28,29)26-10-8-24(9-11-26)17-12-18(22-16(4)21-17)25-7-6-20-13-25/h6-7,12-13H,5,8-11H2,1-4H3. The second kappa shape index (κ2) is 7.80. The Morgan fingerprint density at radius 2 is 1.73 bits per heavy atom. The molecule has 1 saturated heterocycles. The summed E-state index contributed by atoms with van der Waals surface area (Å²) in [7, 11) is -3.59. The van der Waals surface area contributed by atoms with Crippen LogP contribution in [0.2, 0.25) is 0 Å². The van der Waals surface area contributed by atoms with E-state index in [4.69, 9.17) is 0 Å². The van der Waals surface area contributed by atoms with Crippen LogP contribution < -0.4 is 4.90 Å². The van der Waals surface area contributed by atoms with Gasteiger partial charge in [0, 0.05) is 51.2 Å². The first-order valence-electron chi connectivity index (χ1n) is 9.94. The van der Waals surface area contributed by atoms with Gasteiger partial charge >= 0.3 is 0 Å². The van der Waals surface area contributed by atoms with E-state index in [9.17, 15) is 8.42 Å². The number of piperazine rings is 1. The topological polar surface area (TPSA) is 102 Å². The van der Waals surface area contributed by atoms with Crippen LogP contribution in [0.25, 0.3) is 5.82 Å². The van der Waals surface area contributed by atoms with Crippen molar-refractivity contribution in [2.24, 2.45) is 0 Å². The Labute approximate surface area is 176 Å². The minimum Gasteiger partial charge on any atom is -0.354 e. The summed E-state index contributed by atoms with van der Waals surface area (Å²) in [6.45, 7) is 9.90. The first kappa shape index (κ1) is 20.5. The number of imidazole rings is 1. The minimum atomic E-state index is -3.59. The van der Waals surface area contributed by atoms with Crippen LogP contribution >= 0.6 is 0 Å². The average Bonchev–Trinajstić information content (AvgIpc) is 3.35. The average molecular weight is 431 g/mol. The molecule has 0 aliphatic carbocycles. The number of hydrogen-bond donors (Lipinski definition) is 0. The van der Waals surface area contributed by atoms with Crippen LogP contribution in [-0.2, 0) is 16.6 Å². The van der Waals surface area contributed by atoms with Gasteiger partial charge in [0.15, 0.2) is 0 Å². The minimum absolute atomic E-state index is 0.332. The number of aryl methyl sites for hydroxylation is 3. The highest BCUT2D eigenvalue weighted by Gasteiger charge is 2.33. The molecular weight excluding hydrogens is 404 g/mol. The zero-order valence-electron chi connectivity index (χ0n) is 17.6. The second-order valence-corrected chi connectivity index (χ2v) is 9.18. The number of rotatable bonds is 5. The van der Waals surface area contributed by atoms with E-state index in [0.717, 1.165) is 11.6 Å². The van der Waals surface area contributed by atoms with Gasteiger partial charge in [-0.15, -0.1) is 0 Å². The largest absolute Gasteiger partial charge is 0.354 e. The quantitative estimate of drug-likeness (QED) is 0.601. The van der Waals surface area contributed by atoms with Gasteiger partial charge in [-0.05, 0) is 27.7 Å². The smallest absolute Gasteiger partial charge is 0.246 e. The molecule has 0 radical (unpaired) electrons. The third-order valence-electron chi connectivity index (χ3n) is 5.35. The maximum absolute atomic E-state index is 13.3. The molecule has 0 N–H and O–H groups in total. The molecule has 11 heteroatoms. The monoisotopic (exact) mass is 430 g/mol. The van der Waals surface area contributed by atoms with E-state index in [-0.39, 0.29) is 0 Å². The van der Waals surface area contributed by atoms with Crippen molar-refractivity contribution >= 4 is 15.8 Å². The van der Waals surface area contributed by atoms with Crippen LogP contribution in [0.4, 0.5) is 5.82 Å². The second-order valence-electron chi connectivity index (χ2n) is 7.31.